The minimum Gasteiger partial charge on any atom is -0.484 e. The third-order valence-electron chi connectivity index (χ3n) is 2.33. The van der Waals surface area contributed by atoms with Crippen LogP contribution in [0.25, 0.3) is 0 Å². The van der Waals surface area contributed by atoms with E-state index in [9.17, 15) is 9.59 Å². The highest BCUT2D eigenvalue weighted by Gasteiger charge is 2.19. The number of methoxy groups -OCH3 is 1. The Kier molecular flexibility index (Phi) is 5.81. The summed E-state index contributed by atoms with van der Waals surface area (Å²) in [7, 11) is 1.37. The number of nitrogens with one attached hydrogen (secondary N) is 1. The second-order valence-electron chi connectivity index (χ2n) is 4.02. The number of ether oxygens (including phenoxy) is 2. The van der Waals surface area contributed by atoms with Crippen LogP contribution in [0.15, 0.2) is 24.3 Å². The van der Waals surface area contributed by atoms with E-state index in [4.69, 9.17) is 14.6 Å². The molecule has 0 spiro atoms. The number of benzene rings is 1. The standard InChI is InChI=1S/C13H17NO5/c1-9-4-3-5-10(6-9)19-8-12(15)14-11(7-18-2)13(16)17/h3-6,11H,7-8H2,1-2H3,(H,14,15)(H,16,17). The van der Waals surface area contributed by atoms with Gasteiger partial charge in [0.25, 0.3) is 5.91 Å². The van der Waals surface area contributed by atoms with Crippen molar-refractivity contribution < 1.29 is 24.2 Å². The molecule has 0 aliphatic carbocycles. The van der Waals surface area contributed by atoms with Crippen molar-refractivity contribution in [3.63, 3.8) is 0 Å². The molecule has 0 saturated heterocycles. The second kappa shape index (κ2) is 7.38. The van der Waals surface area contributed by atoms with Gasteiger partial charge in [0.2, 0.25) is 0 Å². The number of hydrogen-bond acceptors (Lipinski definition) is 4. The van der Waals surface area contributed by atoms with E-state index in [2.05, 4.69) is 5.32 Å². The summed E-state index contributed by atoms with van der Waals surface area (Å²) in [5.41, 5.74) is 1.01. The highest BCUT2D eigenvalue weighted by molar-refractivity contribution is 5.84. The van der Waals surface area contributed by atoms with Gasteiger partial charge in [-0.2, -0.15) is 0 Å². The molecule has 0 radical (unpaired) electrons. The molecule has 1 aromatic carbocycles. The zero-order chi connectivity index (χ0) is 14.3. The van der Waals surface area contributed by atoms with Gasteiger partial charge in [-0.25, -0.2) is 4.79 Å². The van der Waals surface area contributed by atoms with Crippen molar-refractivity contribution in [3.05, 3.63) is 29.8 Å². The maximum atomic E-state index is 11.5. The summed E-state index contributed by atoms with van der Waals surface area (Å²) < 4.78 is 9.97. The average Bonchev–Trinajstić information content (AvgIpc) is 2.36. The Bertz CT molecular complexity index is 446. The lowest BCUT2D eigenvalue weighted by atomic mass is 10.2. The average molecular weight is 267 g/mol. The first kappa shape index (κ1) is 15.0. The molecule has 1 amide bonds. The van der Waals surface area contributed by atoms with Gasteiger partial charge in [0.1, 0.15) is 5.75 Å². The van der Waals surface area contributed by atoms with Gasteiger partial charge in [-0.1, -0.05) is 12.1 Å². The van der Waals surface area contributed by atoms with Crippen molar-refractivity contribution in [2.24, 2.45) is 0 Å². The van der Waals surface area contributed by atoms with E-state index in [0.29, 0.717) is 5.75 Å². The molecule has 6 heteroatoms. The van der Waals surface area contributed by atoms with E-state index in [1.54, 1.807) is 12.1 Å². The van der Waals surface area contributed by atoms with Gasteiger partial charge in [-0.05, 0) is 24.6 Å². The van der Waals surface area contributed by atoms with Crippen LogP contribution in [0.1, 0.15) is 5.56 Å². The van der Waals surface area contributed by atoms with Gasteiger partial charge in [0, 0.05) is 7.11 Å². The molecule has 6 nitrogen and oxygen atoms in total. The van der Waals surface area contributed by atoms with Crippen LogP contribution < -0.4 is 10.1 Å². The molecular formula is C13H17NO5. The number of aliphatic carboxylic acids is 1. The fraction of sp³-hybridized carbons (Fsp3) is 0.385. The second-order valence-corrected chi connectivity index (χ2v) is 4.02. The predicted octanol–water partition coefficient (Wildman–Crippen LogP) is 0.590. The quantitative estimate of drug-likeness (QED) is 0.755. The van der Waals surface area contributed by atoms with E-state index in [0.717, 1.165) is 5.56 Å². The molecule has 1 aromatic rings. The first-order valence-electron chi connectivity index (χ1n) is 5.73. The molecule has 1 unspecified atom stereocenters. The molecular weight excluding hydrogens is 250 g/mol. The topological polar surface area (TPSA) is 84.9 Å². The SMILES string of the molecule is COCC(NC(=O)COc1cccc(C)c1)C(=O)O. The molecule has 0 aromatic heterocycles. The van der Waals surface area contributed by atoms with Crippen molar-refractivity contribution in [1.29, 1.82) is 0 Å². The summed E-state index contributed by atoms with van der Waals surface area (Å²) in [6.45, 7) is 1.58. The minimum atomic E-state index is -1.15. The van der Waals surface area contributed by atoms with Crippen molar-refractivity contribution in [2.75, 3.05) is 20.3 Å². The number of carboxylic acids is 1. The summed E-state index contributed by atoms with van der Waals surface area (Å²) in [6.07, 6.45) is 0. The van der Waals surface area contributed by atoms with E-state index in [-0.39, 0.29) is 13.2 Å². The number of aryl methyl sites for hydroxylation is 1. The van der Waals surface area contributed by atoms with Gasteiger partial charge < -0.3 is 19.9 Å². The molecule has 104 valence electrons. The van der Waals surface area contributed by atoms with Crippen LogP contribution in [0, 0.1) is 6.92 Å². The van der Waals surface area contributed by atoms with E-state index in [1.807, 2.05) is 19.1 Å². The number of amides is 1. The maximum absolute atomic E-state index is 11.5. The number of carbonyl (C=O) groups is 2. The normalized spacial score (nSPS) is 11.7. The zero-order valence-electron chi connectivity index (χ0n) is 10.9. The van der Waals surface area contributed by atoms with Gasteiger partial charge in [-0.15, -0.1) is 0 Å². The number of carboxylic acid groups (broad SMARTS) is 1. The Morgan fingerprint density at radius 3 is 2.74 bits per heavy atom. The van der Waals surface area contributed by atoms with Gasteiger partial charge in [0.15, 0.2) is 12.6 Å². The van der Waals surface area contributed by atoms with Crippen molar-refractivity contribution in [1.82, 2.24) is 5.32 Å². The molecule has 0 saturated carbocycles. The fourth-order valence-corrected chi connectivity index (χ4v) is 1.43. The Hall–Kier alpha value is -2.08. The lowest BCUT2D eigenvalue weighted by molar-refractivity contribution is -0.143. The lowest BCUT2D eigenvalue weighted by Crippen LogP contribution is -2.45. The number of hydrogen-bond donors (Lipinski definition) is 2. The zero-order valence-corrected chi connectivity index (χ0v) is 10.9. The first-order valence-corrected chi connectivity index (χ1v) is 5.73. The summed E-state index contributed by atoms with van der Waals surface area (Å²) in [5.74, 6) is -1.09. The Labute approximate surface area is 111 Å². The molecule has 1 atom stereocenters. The molecule has 1 rings (SSSR count). The summed E-state index contributed by atoms with van der Waals surface area (Å²) >= 11 is 0. The largest absolute Gasteiger partial charge is 0.484 e. The summed E-state index contributed by atoms with van der Waals surface area (Å²) in [4.78, 5) is 22.3. The summed E-state index contributed by atoms with van der Waals surface area (Å²) in [5, 5.41) is 11.2. The molecule has 2 N–H and O–H groups in total. The number of rotatable bonds is 7. The summed E-state index contributed by atoms with van der Waals surface area (Å²) in [6, 6.07) is 6.17. The van der Waals surface area contributed by atoms with E-state index in [1.165, 1.54) is 7.11 Å². The predicted molar refractivity (Wildman–Crippen MR) is 68.1 cm³/mol. The maximum Gasteiger partial charge on any atom is 0.328 e. The fourth-order valence-electron chi connectivity index (χ4n) is 1.43. The van der Waals surface area contributed by atoms with Gasteiger partial charge in [-0.3, -0.25) is 4.79 Å². The van der Waals surface area contributed by atoms with Crippen LogP contribution in [-0.2, 0) is 14.3 Å². The van der Waals surface area contributed by atoms with Crippen LogP contribution in [0.5, 0.6) is 5.75 Å². The molecule has 0 bridgehead atoms. The van der Waals surface area contributed by atoms with Crippen LogP contribution in [0.4, 0.5) is 0 Å². The highest BCUT2D eigenvalue weighted by Crippen LogP contribution is 2.11. The molecule has 0 aliphatic rings. The smallest absolute Gasteiger partial charge is 0.328 e. The van der Waals surface area contributed by atoms with Crippen molar-refractivity contribution >= 4 is 11.9 Å². The van der Waals surface area contributed by atoms with Gasteiger partial charge >= 0.3 is 5.97 Å². The van der Waals surface area contributed by atoms with Crippen LogP contribution in [0.2, 0.25) is 0 Å². The monoisotopic (exact) mass is 267 g/mol. The third kappa shape index (κ3) is 5.39. The van der Waals surface area contributed by atoms with Crippen molar-refractivity contribution in [3.8, 4) is 5.75 Å². The van der Waals surface area contributed by atoms with Crippen LogP contribution in [0.3, 0.4) is 0 Å². The minimum absolute atomic E-state index is 0.0917. The molecule has 0 fully saturated rings. The first-order chi connectivity index (χ1) is 9.02. The highest BCUT2D eigenvalue weighted by atomic mass is 16.5. The molecule has 19 heavy (non-hydrogen) atoms. The van der Waals surface area contributed by atoms with Crippen molar-refractivity contribution in [2.45, 2.75) is 13.0 Å². The van der Waals surface area contributed by atoms with E-state index >= 15 is 0 Å². The Balaban J connectivity index is 2.44. The van der Waals surface area contributed by atoms with Gasteiger partial charge in [0.05, 0.1) is 6.61 Å². The lowest BCUT2D eigenvalue weighted by Gasteiger charge is -2.13. The van der Waals surface area contributed by atoms with Crippen LogP contribution in [-0.4, -0.2) is 43.3 Å². The van der Waals surface area contributed by atoms with Crippen LogP contribution >= 0.6 is 0 Å². The Morgan fingerprint density at radius 1 is 1.42 bits per heavy atom. The van der Waals surface area contributed by atoms with E-state index < -0.39 is 17.9 Å². The Morgan fingerprint density at radius 2 is 2.16 bits per heavy atom. The molecule has 0 heterocycles. The third-order valence-corrected chi connectivity index (χ3v) is 2.33. The number of carbonyl (C=O) groups excluding carboxylic acids is 1. The molecule has 0 aliphatic heterocycles.